The van der Waals surface area contributed by atoms with Gasteiger partial charge >= 0.3 is 0 Å². The molecule has 0 radical (unpaired) electrons. The van der Waals surface area contributed by atoms with E-state index in [2.05, 4.69) is 15.6 Å². The van der Waals surface area contributed by atoms with Crippen LogP contribution in [0.2, 0.25) is 0 Å². The number of benzene rings is 1. The lowest BCUT2D eigenvalue weighted by molar-refractivity contribution is 0.0420. The summed E-state index contributed by atoms with van der Waals surface area (Å²) in [5, 5.41) is 6.69. The summed E-state index contributed by atoms with van der Waals surface area (Å²) in [6, 6.07) is 6.94. The maximum absolute atomic E-state index is 13.5. The lowest BCUT2D eigenvalue weighted by atomic mass is 9.96. The van der Waals surface area contributed by atoms with Crippen molar-refractivity contribution in [2.75, 3.05) is 40.0 Å². The van der Waals surface area contributed by atoms with Gasteiger partial charge in [0, 0.05) is 38.8 Å². The van der Waals surface area contributed by atoms with Crippen molar-refractivity contribution in [3.63, 3.8) is 0 Å². The summed E-state index contributed by atoms with van der Waals surface area (Å²) in [5.74, 6) is 0.617. The Bertz CT molecular complexity index is 590. The quantitative estimate of drug-likeness (QED) is 0.262. The van der Waals surface area contributed by atoms with E-state index in [9.17, 15) is 4.39 Å². The van der Waals surface area contributed by atoms with E-state index in [4.69, 9.17) is 9.47 Å². The Labute approximate surface area is 172 Å². The van der Waals surface area contributed by atoms with Crippen molar-refractivity contribution in [3.05, 3.63) is 35.6 Å². The van der Waals surface area contributed by atoms with Gasteiger partial charge in [-0.1, -0.05) is 12.1 Å². The zero-order valence-corrected chi connectivity index (χ0v) is 17.6. The number of nitrogens with one attached hydrogen (secondary N) is 2. The molecule has 0 amide bonds. The molecular weight excluding hydrogens is 448 g/mol. The molecule has 5 nitrogen and oxygen atoms in total. The minimum atomic E-state index is -0.168. The number of ether oxygens (including phenoxy) is 2. The van der Waals surface area contributed by atoms with Crippen LogP contribution in [0.25, 0.3) is 0 Å². The molecule has 2 aliphatic rings. The first-order chi connectivity index (χ1) is 12.2. The molecule has 7 heteroatoms. The molecule has 1 saturated heterocycles. The number of rotatable bonds is 8. The highest BCUT2D eigenvalue weighted by Gasteiger charge is 2.44. The SMILES string of the molecule is CN=C(NCCCOC1CCOC1)NCC1(c2cccc(F)c2)CC1.I. The van der Waals surface area contributed by atoms with E-state index in [0.717, 1.165) is 70.1 Å². The van der Waals surface area contributed by atoms with E-state index in [1.54, 1.807) is 19.2 Å². The molecule has 1 atom stereocenters. The molecule has 2 fully saturated rings. The van der Waals surface area contributed by atoms with Gasteiger partial charge in [-0.3, -0.25) is 4.99 Å². The summed E-state index contributed by atoms with van der Waals surface area (Å²) >= 11 is 0. The summed E-state index contributed by atoms with van der Waals surface area (Å²) in [6.07, 6.45) is 4.35. The van der Waals surface area contributed by atoms with E-state index in [-0.39, 0.29) is 41.3 Å². The molecule has 0 bridgehead atoms. The molecule has 1 unspecified atom stereocenters. The Hall–Kier alpha value is -0.930. The molecule has 26 heavy (non-hydrogen) atoms. The van der Waals surface area contributed by atoms with E-state index in [0.29, 0.717) is 0 Å². The van der Waals surface area contributed by atoms with Crippen LogP contribution in [-0.2, 0) is 14.9 Å². The molecular formula is C19H29FIN3O2. The van der Waals surface area contributed by atoms with Crippen molar-refractivity contribution in [1.82, 2.24) is 10.6 Å². The second-order valence-electron chi connectivity index (χ2n) is 6.85. The van der Waals surface area contributed by atoms with Gasteiger partial charge in [0.25, 0.3) is 0 Å². The van der Waals surface area contributed by atoms with Crippen molar-refractivity contribution in [2.45, 2.75) is 37.2 Å². The molecule has 1 heterocycles. The van der Waals surface area contributed by atoms with Crippen LogP contribution in [0.4, 0.5) is 4.39 Å². The fraction of sp³-hybridized carbons (Fsp3) is 0.632. The third-order valence-electron chi connectivity index (χ3n) is 4.96. The number of halogens is 2. The molecule has 0 spiro atoms. The summed E-state index contributed by atoms with van der Waals surface area (Å²) in [6.45, 7) is 3.84. The van der Waals surface area contributed by atoms with Gasteiger partial charge in [0.1, 0.15) is 5.82 Å². The van der Waals surface area contributed by atoms with E-state index >= 15 is 0 Å². The highest BCUT2D eigenvalue weighted by molar-refractivity contribution is 14.0. The van der Waals surface area contributed by atoms with Crippen LogP contribution in [0.15, 0.2) is 29.3 Å². The Kier molecular flexibility index (Phi) is 8.56. The summed E-state index contributed by atoms with van der Waals surface area (Å²) in [5.41, 5.74) is 1.12. The van der Waals surface area contributed by atoms with Gasteiger partial charge in [-0.05, 0) is 43.4 Å². The summed E-state index contributed by atoms with van der Waals surface area (Å²) < 4.78 is 24.5. The Morgan fingerprint density at radius 1 is 1.38 bits per heavy atom. The van der Waals surface area contributed by atoms with Crippen molar-refractivity contribution < 1.29 is 13.9 Å². The van der Waals surface area contributed by atoms with Gasteiger partial charge in [0.05, 0.1) is 12.7 Å². The molecule has 3 rings (SSSR count). The van der Waals surface area contributed by atoms with Crippen molar-refractivity contribution in [3.8, 4) is 0 Å². The second kappa shape index (κ2) is 10.4. The standard InChI is InChI=1S/C19H28FN3O2.HI/c1-21-18(22-9-3-10-25-17-6-11-24-13-17)23-14-19(7-8-19)15-4-2-5-16(20)12-15;/h2,4-5,12,17H,3,6-11,13-14H2,1H3,(H2,21,22,23);1H. The summed E-state index contributed by atoms with van der Waals surface area (Å²) in [4.78, 5) is 4.26. The zero-order chi connectivity index (χ0) is 17.5. The molecule has 146 valence electrons. The number of guanidine groups is 1. The smallest absolute Gasteiger partial charge is 0.191 e. The topological polar surface area (TPSA) is 54.9 Å². The van der Waals surface area contributed by atoms with E-state index in [1.807, 2.05) is 6.07 Å². The fourth-order valence-corrected chi connectivity index (χ4v) is 3.18. The first kappa shape index (κ1) is 21.4. The van der Waals surface area contributed by atoms with Gasteiger partial charge in [-0.2, -0.15) is 0 Å². The van der Waals surface area contributed by atoms with E-state index < -0.39 is 0 Å². The van der Waals surface area contributed by atoms with Crippen molar-refractivity contribution >= 4 is 29.9 Å². The van der Waals surface area contributed by atoms with Crippen molar-refractivity contribution in [2.24, 2.45) is 4.99 Å². The van der Waals surface area contributed by atoms with Crippen LogP contribution < -0.4 is 10.6 Å². The Morgan fingerprint density at radius 3 is 2.88 bits per heavy atom. The minimum absolute atomic E-state index is 0. The molecule has 2 N–H and O–H groups in total. The van der Waals surface area contributed by atoms with Crippen LogP contribution in [0, 0.1) is 5.82 Å². The van der Waals surface area contributed by atoms with Crippen LogP contribution in [0.5, 0.6) is 0 Å². The number of nitrogens with zero attached hydrogens (tertiary/aromatic N) is 1. The van der Waals surface area contributed by atoms with Gasteiger partial charge in [0.2, 0.25) is 0 Å². The predicted molar refractivity (Wildman–Crippen MR) is 112 cm³/mol. The average Bonchev–Trinajstić information content (AvgIpc) is 3.24. The lowest BCUT2D eigenvalue weighted by Gasteiger charge is -2.19. The Morgan fingerprint density at radius 2 is 2.23 bits per heavy atom. The Balaban J connectivity index is 0.00000243. The maximum Gasteiger partial charge on any atom is 0.191 e. The highest BCUT2D eigenvalue weighted by atomic mass is 127. The fourth-order valence-electron chi connectivity index (χ4n) is 3.18. The van der Waals surface area contributed by atoms with Crippen LogP contribution in [0.3, 0.4) is 0 Å². The minimum Gasteiger partial charge on any atom is -0.379 e. The molecule has 1 aliphatic carbocycles. The monoisotopic (exact) mass is 477 g/mol. The third kappa shape index (κ3) is 6.06. The maximum atomic E-state index is 13.5. The molecule has 1 saturated carbocycles. The largest absolute Gasteiger partial charge is 0.379 e. The molecule has 1 aliphatic heterocycles. The average molecular weight is 477 g/mol. The molecule has 1 aromatic carbocycles. The van der Waals surface area contributed by atoms with Gasteiger partial charge in [-0.25, -0.2) is 4.39 Å². The lowest BCUT2D eigenvalue weighted by Crippen LogP contribution is -2.41. The normalized spacial score (nSPS) is 21.2. The molecule has 1 aromatic rings. The third-order valence-corrected chi connectivity index (χ3v) is 4.96. The van der Waals surface area contributed by atoms with Gasteiger partial charge < -0.3 is 20.1 Å². The van der Waals surface area contributed by atoms with E-state index in [1.165, 1.54) is 6.07 Å². The second-order valence-corrected chi connectivity index (χ2v) is 6.85. The van der Waals surface area contributed by atoms with Crippen LogP contribution >= 0.6 is 24.0 Å². The summed E-state index contributed by atoms with van der Waals surface area (Å²) in [7, 11) is 1.77. The van der Waals surface area contributed by atoms with Gasteiger partial charge in [0.15, 0.2) is 5.96 Å². The first-order valence-electron chi connectivity index (χ1n) is 9.12. The zero-order valence-electron chi connectivity index (χ0n) is 15.3. The highest BCUT2D eigenvalue weighted by Crippen LogP contribution is 2.47. The van der Waals surface area contributed by atoms with Gasteiger partial charge in [-0.15, -0.1) is 24.0 Å². The number of aliphatic imine (C=N–C) groups is 1. The number of hydrogen-bond acceptors (Lipinski definition) is 3. The first-order valence-corrected chi connectivity index (χ1v) is 9.12. The molecule has 0 aromatic heterocycles. The van der Waals surface area contributed by atoms with Crippen molar-refractivity contribution in [1.29, 1.82) is 0 Å². The number of hydrogen-bond donors (Lipinski definition) is 2. The van der Waals surface area contributed by atoms with Crippen LogP contribution in [0.1, 0.15) is 31.2 Å². The predicted octanol–water partition coefficient (Wildman–Crippen LogP) is 2.84. The van der Waals surface area contributed by atoms with Crippen LogP contribution in [-0.4, -0.2) is 52.0 Å².